The zero-order valence-electron chi connectivity index (χ0n) is 15.7. The van der Waals surface area contributed by atoms with Crippen LogP contribution in [0.3, 0.4) is 0 Å². The van der Waals surface area contributed by atoms with Crippen LogP contribution in [0.15, 0.2) is 30.3 Å². The van der Waals surface area contributed by atoms with E-state index in [9.17, 15) is 14.7 Å². The molecule has 0 aliphatic carbocycles. The number of hydrogen-bond donors (Lipinski definition) is 3. The molecule has 0 fully saturated rings. The molecule has 0 aliphatic rings. The number of aliphatic carboxylic acids is 1. The third kappa shape index (κ3) is 8.54. The van der Waals surface area contributed by atoms with Gasteiger partial charge in [0.2, 0.25) is 0 Å². The third-order valence-electron chi connectivity index (χ3n) is 3.56. The maximum atomic E-state index is 12.1. The fourth-order valence-corrected chi connectivity index (χ4v) is 2.42. The Morgan fingerprint density at radius 3 is 2.24 bits per heavy atom. The van der Waals surface area contributed by atoms with Gasteiger partial charge < -0.3 is 20.5 Å². The fraction of sp³-hybridized carbons (Fsp3) is 0.579. The van der Waals surface area contributed by atoms with Gasteiger partial charge in [-0.2, -0.15) is 0 Å². The Hall–Kier alpha value is -2.08. The molecule has 140 valence electrons. The Balaban J connectivity index is 2.76. The summed E-state index contributed by atoms with van der Waals surface area (Å²) in [5.74, 6) is -0.956. The predicted molar refractivity (Wildman–Crippen MR) is 97.6 cm³/mol. The first-order valence-electron chi connectivity index (χ1n) is 8.58. The van der Waals surface area contributed by atoms with Gasteiger partial charge in [-0.1, -0.05) is 44.2 Å². The van der Waals surface area contributed by atoms with Crippen LogP contribution in [0.2, 0.25) is 0 Å². The second-order valence-corrected chi connectivity index (χ2v) is 7.50. The molecule has 6 heteroatoms. The van der Waals surface area contributed by atoms with Crippen molar-refractivity contribution < 1.29 is 19.4 Å². The molecule has 0 saturated heterocycles. The van der Waals surface area contributed by atoms with Crippen LogP contribution in [0.1, 0.15) is 40.2 Å². The highest BCUT2D eigenvalue weighted by molar-refractivity contribution is 5.73. The van der Waals surface area contributed by atoms with Crippen molar-refractivity contribution >= 4 is 12.1 Å². The van der Waals surface area contributed by atoms with Gasteiger partial charge in [-0.25, -0.2) is 4.79 Å². The van der Waals surface area contributed by atoms with Crippen LogP contribution >= 0.6 is 0 Å². The third-order valence-corrected chi connectivity index (χ3v) is 3.56. The van der Waals surface area contributed by atoms with Crippen LogP contribution in [0, 0.1) is 5.92 Å². The minimum atomic E-state index is -0.897. The molecule has 3 N–H and O–H groups in total. The molecule has 6 nitrogen and oxygen atoms in total. The molecule has 1 rings (SSSR count). The van der Waals surface area contributed by atoms with Crippen LogP contribution in [0.25, 0.3) is 0 Å². The SMILES string of the molecule is CC(C)[C@@H](NC[C@H](Cc1ccccc1)NC(=O)OC(C)(C)C)C(=O)O. The lowest BCUT2D eigenvalue weighted by Crippen LogP contribution is -2.50. The van der Waals surface area contributed by atoms with Gasteiger partial charge in [0.25, 0.3) is 0 Å². The molecule has 0 radical (unpaired) electrons. The average Bonchev–Trinajstić information content (AvgIpc) is 2.45. The number of ether oxygens (including phenoxy) is 1. The number of carboxylic acids is 1. The Morgan fingerprint density at radius 2 is 1.76 bits per heavy atom. The van der Waals surface area contributed by atoms with E-state index in [1.807, 2.05) is 44.2 Å². The van der Waals surface area contributed by atoms with Gasteiger partial charge in [0.05, 0.1) is 0 Å². The summed E-state index contributed by atoms with van der Waals surface area (Å²) in [4.78, 5) is 23.4. The molecule has 0 unspecified atom stereocenters. The summed E-state index contributed by atoms with van der Waals surface area (Å²) >= 11 is 0. The van der Waals surface area contributed by atoms with Gasteiger partial charge in [-0.3, -0.25) is 4.79 Å². The molecule has 0 bridgehead atoms. The maximum absolute atomic E-state index is 12.1. The van der Waals surface area contributed by atoms with Crippen molar-refractivity contribution in [1.29, 1.82) is 0 Å². The Morgan fingerprint density at radius 1 is 1.16 bits per heavy atom. The van der Waals surface area contributed by atoms with E-state index in [-0.39, 0.29) is 12.0 Å². The summed E-state index contributed by atoms with van der Waals surface area (Å²) in [7, 11) is 0. The minimum absolute atomic E-state index is 0.0589. The van der Waals surface area contributed by atoms with E-state index >= 15 is 0 Å². The van der Waals surface area contributed by atoms with Crippen molar-refractivity contribution in [2.45, 2.75) is 58.7 Å². The highest BCUT2D eigenvalue weighted by Crippen LogP contribution is 2.09. The summed E-state index contributed by atoms with van der Waals surface area (Å²) in [6, 6.07) is 8.79. The summed E-state index contributed by atoms with van der Waals surface area (Å²) in [5, 5.41) is 15.2. The normalized spacial score (nSPS) is 14.0. The first kappa shape index (κ1) is 21.0. The zero-order valence-corrected chi connectivity index (χ0v) is 15.7. The highest BCUT2D eigenvalue weighted by Gasteiger charge is 2.24. The molecule has 0 aromatic heterocycles. The number of carbonyl (C=O) groups is 2. The number of hydrogen-bond acceptors (Lipinski definition) is 4. The molecule has 0 heterocycles. The van der Waals surface area contributed by atoms with E-state index in [4.69, 9.17) is 4.74 Å². The minimum Gasteiger partial charge on any atom is -0.480 e. The standard InChI is InChI=1S/C19H30N2O4/c1-13(2)16(17(22)23)20-12-15(11-14-9-7-6-8-10-14)21-18(24)25-19(3,4)5/h6-10,13,15-16,20H,11-12H2,1-5H3,(H,21,24)(H,22,23)/t15-,16+/m0/s1. The van der Waals surface area contributed by atoms with Crippen molar-refractivity contribution in [3.8, 4) is 0 Å². The van der Waals surface area contributed by atoms with Gasteiger partial charge in [-0.05, 0) is 38.7 Å². The second-order valence-electron chi connectivity index (χ2n) is 7.50. The molecule has 2 atom stereocenters. The number of carbonyl (C=O) groups excluding carboxylic acids is 1. The predicted octanol–water partition coefficient (Wildman–Crippen LogP) is 2.82. The fourth-order valence-electron chi connectivity index (χ4n) is 2.42. The average molecular weight is 350 g/mol. The zero-order chi connectivity index (χ0) is 19.0. The molecule has 1 aromatic carbocycles. The van der Waals surface area contributed by atoms with Crippen LogP contribution in [0.5, 0.6) is 0 Å². The van der Waals surface area contributed by atoms with E-state index in [2.05, 4.69) is 10.6 Å². The van der Waals surface area contributed by atoms with Crippen molar-refractivity contribution in [1.82, 2.24) is 10.6 Å². The summed E-state index contributed by atoms with van der Waals surface area (Å²) in [6.07, 6.45) is 0.0731. The first-order chi connectivity index (χ1) is 11.6. The van der Waals surface area contributed by atoms with E-state index in [0.717, 1.165) is 5.56 Å². The summed E-state index contributed by atoms with van der Waals surface area (Å²) < 4.78 is 5.31. The van der Waals surface area contributed by atoms with E-state index in [1.165, 1.54) is 0 Å². The number of benzene rings is 1. The maximum Gasteiger partial charge on any atom is 0.407 e. The quantitative estimate of drug-likeness (QED) is 0.671. The smallest absolute Gasteiger partial charge is 0.407 e. The van der Waals surface area contributed by atoms with Crippen LogP contribution in [-0.4, -0.2) is 41.4 Å². The Kier molecular flexibility index (Phi) is 7.90. The van der Waals surface area contributed by atoms with Crippen LogP contribution in [0.4, 0.5) is 4.79 Å². The molecule has 0 aliphatic heterocycles. The first-order valence-corrected chi connectivity index (χ1v) is 8.58. The lowest BCUT2D eigenvalue weighted by Gasteiger charge is -2.26. The summed E-state index contributed by atoms with van der Waals surface area (Å²) in [6.45, 7) is 9.44. The Bertz CT molecular complexity index is 552. The molecule has 1 aromatic rings. The van der Waals surface area contributed by atoms with Crippen molar-refractivity contribution in [2.75, 3.05) is 6.54 Å². The van der Waals surface area contributed by atoms with E-state index < -0.39 is 23.7 Å². The molecule has 1 amide bonds. The monoisotopic (exact) mass is 350 g/mol. The molecule has 0 saturated carbocycles. The van der Waals surface area contributed by atoms with Gasteiger partial charge >= 0.3 is 12.1 Å². The van der Waals surface area contributed by atoms with Gasteiger partial charge in [0.15, 0.2) is 0 Å². The lowest BCUT2D eigenvalue weighted by atomic mass is 10.0. The topological polar surface area (TPSA) is 87.7 Å². The number of amides is 1. The van der Waals surface area contributed by atoms with Crippen LogP contribution < -0.4 is 10.6 Å². The van der Waals surface area contributed by atoms with Gasteiger partial charge in [0, 0.05) is 12.6 Å². The van der Waals surface area contributed by atoms with Crippen molar-refractivity contribution in [3.05, 3.63) is 35.9 Å². The number of nitrogens with one attached hydrogen (secondary N) is 2. The Labute approximate surface area is 150 Å². The highest BCUT2D eigenvalue weighted by atomic mass is 16.6. The summed E-state index contributed by atoms with van der Waals surface area (Å²) in [5.41, 5.74) is 0.470. The molecular weight excluding hydrogens is 320 g/mol. The van der Waals surface area contributed by atoms with Crippen molar-refractivity contribution in [3.63, 3.8) is 0 Å². The second kappa shape index (κ2) is 9.42. The van der Waals surface area contributed by atoms with Crippen LogP contribution in [-0.2, 0) is 16.0 Å². The van der Waals surface area contributed by atoms with E-state index in [1.54, 1.807) is 20.8 Å². The van der Waals surface area contributed by atoms with Gasteiger partial charge in [-0.15, -0.1) is 0 Å². The number of rotatable bonds is 8. The molecular formula is C19H30N2O4. The van der Waals surface area contributed by atoms with Crippen molar-refractivity contribution in [2.24, 2.45) is 5.92 Å². The molecule has 0 spiro atoms. The largest absolute Gasteiger partial charge is 0.480 e. The van der Waals surface area contributed by atoms with E-state index in [0.29, 0.717) is 13.0 Å². The van der Waals surface area contributed by atoms with Gasteiger partial charge in [0.1, 0.15) is 11.6 Å². The lowest BCUT2D eigenvalue weighted by molar-refractivity contribution is -0.140. The molecule has 25 heavy (non-hydrogen) atoms. The number of alkyl carbamates (subject to hydrolysis) is 1. The number of carboxylic acid groups (broad SMARTS) is 1.